The molecule has 1 amide bonds. The molecule has 0 saturated carbocycles. The maximum atomic E-state index is 12.5. The number of benzene rings is 1. The second kappa shape index (κ2) is 5.44. The van der Waals surface area contributed by atoms with Gasteiger partial charge in [0.2, 0.25) is 5.91 Å². The van der Waals surface area contributed by atoms with Crippen LogP contribution >= 0.6 is 0 Å². The number of carbonyl (C=O) groups is 1. The quantitative estimate of drug-likeness (QED) is 0.576. The third-order valence-corrected chi connectivity index (χ3v) is 2.76. The molecule has 17 heavy (non-hydrogen) atoms. The fraction of sp³-hybridized carbons (Fsp3) is 0.300. The molecule has 0 atom stereocenters. The predicted molar refractivity (Wildman–Crippen MR) is 56.9 cm³/mol. The molecule has 0 aromatic heterocycles. The van der Waals surface area contributed by atoms with Gasteiger partial charge in [-0.2, -0.15) is 0 Å². The molecule has 0 unspecified atom stereocenters. The van der Waals surface area contributed by atoms with Crippen molar-refractivity contribution in [3.05, 3.63) is 23.8 Å². The molecule has 0 radical (unpaired) electrons. The van der Waals surface area contributed by atoms with Gasteiger partial charge in [0.05, 0.1) is 0 Å². The molecule has 86 valence electrons. The molecule has 0 N–H and O–H groups in total. The summed E-state index contributed by atoms with van der Waals surface area (Å²) in [5.41, 5.74) is 0.618. The van der Waals surface area contributed by atoms with Gasteiger partial charge in [-0.25, -0.2) is 0 Å². The van der Waals surface area contributed by atoms with Gasteiger partial charge in [-0.1, -0.05) is 12.1 Å². The molecule has 1 aromatic carbocycles. The number of hydrogen-bond donors (Lipinski definition) is 0. The van der Waals surface area contributed by atoms with E-state index in [1.54, 1.807) is 0 Å². The van der Waals surface area contributed by atoms with Crippen molar-refractivity contribution < 1.29 is 69.1 Å². The van der Waals surface area contributed by atoms with E-state index in [0.29, 0.717) is 24.2 Å². The minimum atomic E-state index is -4.95. The number of rotatable bonds is 1. The van der Waals surface area contributed by atoms with Crippen molar-refractivity contribution in [2.45, 2.75) is 13.3 Å². The summed E-state index contributed by atoms with van der Waals surface area (Å²) in [5.74, 6) is -0.135. The van der Waals surface area contributed by atoms with Crippen LogP contribution in [0.2, 0.25) is 0 Å². The fourth-order valence-corrected chi connectivity index (χ4v) is 1.95. The average Bonchev–Trinajstić information content (AvgIpc) is 2.58. The molecular weight excluding hydrogens is 257 g/mol. The first-order valence-corrected chi connectivity index (χ1v) is 5.00. The number of halogens is 3. The van der Waals surface area contributed by atoms with Crippen LogP contribution in [0.4, 0.5) is 18.6 Å². The first-order chi connectivity index (χ1) is 7.39. The zero-order valence-electron chi connectivity index (χ0n) is 9.71. The standard InChI is InChI=1S/C10H10BF3NO.K/c1-7(16)15-5-4-8-6-9(11(12,13)14)2-3-10(8)15;/h2-3,6H,4-5H2,1H3;/q-1;+1. The molecule has 1 aliphatic heterocycles. The van der Waals surface area contributed by atoms with E-state index in [9.17, 15) is 17.7 Å². The van der Waals surface area contributed by atoms with Gasteiger partial charge in [-0.15, -0.1) is 5.46 Å². The van der Waals surface area contributed by atoms with Gasteiger partial charge in [0.15, 0.2) is 0 Å². The predicted octanol–water partition coefficient (Wildman–Crippen LogP) is -1.35. The van der Waals surface area contributed by atoms with Crippen LogP contribution in [0.3, 0.4) is 0 Å². The van der Waals surface area contributed by atoms with Gasteiger partial charge in [0, 0.05) is 19.2 Å². The molecular formula is C10H10BF3KNO. The second-order valence-corrected chi connectivity index (χ2v) is 3.88. The number of hydrogen-bond acceptors (Lipinski definition) is 1. The van der Waals surface area contributed by atoms with E-state index in [0.717, 1.165) is 12.1 Å². The van der Waals surface area contributed by atoms with E-state index in [1.807, 2.05) is 0 Å². The SMILES string of the molecule is CC(=O)N1CCc2cc([B-](F)(F)F)ccc21.[K+]. The summed E-state index contributed by atoms with van der Waals surface area (Å²) in [4.78, 5) is 12.7. The van der Waals surface area contributed by atoms with Crippen LogP contribution in [0.15, 0.2) is 18.2 Å². The van der Waals surface area contributed by atoms with Crippen LogP contribution in [-0.4, -0.2) is 19.4 Å². The summed E-state index contributed by atoms with van der Waals surface area (Å²) in [6.07, 6.45) is 0.495. The van der Waals surface area contributed by atoms with E-state index in [1.165, 1.54) is 17.9 Å². The van der Waals surface area contributed by atoms with Crippen LogP contribution in [0.1, 0.15) is 12.5 Å². The van der Waals surface area contributed by atoms with Gasteiger partial charge >= 0.3 is 58.4 Å². The van der Waals surface area contributed by atoms with Crippen molar-refractivity contribution in [3.8, 4) is 0 Å². The van der Waals surface area contributed by atoms with Crippen LogP contribution < -0.4 is 61.7 Å². The maximum absolute atomic E-state index is 12.5. The van der Waals surface area contributed by atoms with Crippen molar-refractivity contribution in [1.82, 2.24) is 0 Å². The summed E-state index contributed by atoms with van der Waals surface area (Å²) >= 11 is 0. The van der Waals surface area contributed by atoms with Crippen LogP contribution in [0.5, 0.6) is 0 Å². The normalized spacial score (nSPS) is 14.2. The Bertz CT molecular complexity index is 450. The summed E-state index contributed by atoms with van der Waals surface area (Å²) in [6.45, 7) is -3.07. The summed E-state index contributed by atoms with van der Waals surface area (Å²) in [6, 6.07) is 3.58. The van der Waals surface area contributed by atoms with E-state index < -0.39 is 12.4 Å². The molecule has 1 aromatic rings. The van der Waals surface area contributed by atoms with Crippen molar-refractivity contribution in [2.24, 2.45) is 0 Å². The Hall–Kier alpha value is 0.181. The van der Waals surface area contributed by atoms with Gasteiger partial charge in [-0.05, 0) is 18.1 Å². The molecule has 1 heterocycles. The molecule has 0 saturated heterocycles. The molecule has 0 fully saturated rings. The average molecular weight is 267 g/mol. The van der Waals surface area contributed by atoms with E-state index in [4.69, 9.17) is 0 Å². The molecule has 2 nitrogen and oxygen atoms in total. The molecule has 1 aliphatic rings. The Kier molecular flexibility index (Phi) is 4.88. The topological polar surface area (TPSA) is 20.3 Å². The summed E-state index contributed by atoms with van der Waals surface area (Å²) in [7, 11) is 0. The summed E-state index contributed by atoms with van der Waals surface area (Å²) in [5, 5.41) is 0. The van der Waals surface area contributed by atoms with Crippen LogP contribution in [0, 0.1) is 0 Å². The number of fused-ring (bicyclic) bond motifs is 1. The number of carbonyl (C=O) groups excluding carboxylic acids is 1. The number of amides is 1. The molecule has 0 aliphatic carbocycles. The zero-order valence-corrected chi connectivity index (χ0v) is 12.8. The minimum Gasteiger partial charge on any atom is -0.445 e. The van der Waals surface area contributed by atoms with Gasteiger partial charge < -0.3 is 17.8 Å². The molecule has 7 heteroatoms. The second-order valence-electron chi connectivity index (χ2n) is 3.88. The Morgan fingerprint density at radius 2 is 2.00 bits per heavy atom. The van der Waals surface area contributed by atoms with E-state index in [-0.39, 0.29) is 57.3 Å². The van der Waals surface area contributed by atoms with Crippen molar-refractivity contribution in [3.63, 3.8) is 0 Å². The smallest absolute Gasteiger partial charge is 0.445 e. The van der Waals surface area contributed by atoms with Crippen molar-refractivity contribution in [1.29, 1.82) is 0 Å². The van der Waals surface area contributed by atoms with E-state index in [2.05, 4.69) is 0 Å². The van der Waals surface area contributed by atoms with E-state index >= 15 is 0 Å². The molecule has 0 spiro atoms. The Morgan fingerprint density at radius 3 is 2.53 bits per heavy atom. The third-order valence-electron chi connectivity index (χ3n) is 2.76. The van der Waals surface area contributed by atoms with Gasteiger partial charge in [0.1, 0.15) is 0 Å². The first-order valence-electron chi connectivity index (χ1n) is 5.00. The monoisotopic (exact) mass is 267 g/mol. The maximum Gasteiger partial charge on any atom is 1.00 e. The Labute approximate surface area is 140 Å². The van der Waals surface area contributed by atoms with Gasteiger partial charge in [0.25, 0.3) is 0 Å². The Morgan fingerprint density at radius 1 is 1.35 bits per heavy atom. The van der Waals surface area contributed by atoms with Gasteiger partial charge in [-0.3, -0.25) is 4.79 Å². The van der Waals surface area contributed by atoms with Crippen LogP contribution in [0.25, 0.3) is 0 Å². The first kappa shape index (κ1) is 15.2. The summed E-state index contributed by atoms with van der Waals surface area (Å²) < 4.78 is 37.5. The molecule has 2 rings (SSSR count). The Balaban J connectivity index is 0.00000144. The zero-order chi connectivity index (χ0) is 11.9. The van der Waals surface area contributed by atoms with Crippen molar-refractivity contribution >= 4 is 24.0 Å². The minimum absolute atomic E-state index is 0. The number of nitrogens with zero attached hydrogens (tertiary/aromatic N) is 1. The van der Waals surface area contributed by atoms with Crippen LogP contribution in [-0.2, 0) is 11.2 Å². The van der Waals surface area contributed by atoms with Crippen molar-refractivity contribution in [2.75, 3.05) is 11.4 Å². The fourth-order valence-electron chi connectivity index (χ4n) is 1.95. The number of anilines is 1. The largest absolute Gasteiger partial charge is 1.00 e. The third kappa shape index (κ3) is 3.14. The molecule has 0 bridgehead atoms.